The topological polar surface area (TPSA) is 50.8 Å². The molecule has 1 fully saturated rings. The van der Waals surface area contributed by atoms with E-state index in [1.165, 1.54) is 0 Å². The van der Waals surface area contributed by atoms with Gasteiger partial charge in [0, 0.05) is 19.6 Å². The Morgan fingerprint density at radius 3 is 2.81 bits per heavy atom. The summed E-state index contributed by atoms with van der Waals surface area (Å²) in [5, 5.41) is 3.33. The minimum Gasteiger partial charge on any atom is -0.486 e. The van der Waals surface area contributed by atoms with Crippen molar-refractivity contribution in [3.8, 4) is 11.5 Å². The molecule has 1 aromatic carbocycles. The van der Waals surface area contributed by atoms with Gasteiger partial charge in [0.25, 0.3) is 0 Å². The molecule has 1 N–H and O–H groups in total. The molecule has 2 aliphatic rings. The predicted octanol–water partition coefficient (Wildman–Crippen LogP) is 1.41. The monoisotopic (exact) mass is 290 g/mol. The normalized spacial score (nSPS) is 23.9. The Balaban J connectivity index is 1.67. The Bertz CT molecular complexity index is 532. The van der Waals surface area contributed by atoms with Crippen molar-refractivity contribution in [2.24, 2.45) is 5.92 Å². The maximum atomic E-state index is 12.5. The molecular formula is C16H22N2O3. The summed E-state index contributed by atoms with van der Waals surface area (Å²) < 4.78 is 11.1. The van der Waals surface area contributed by atoms with Crippen molar-refractivity contribution in [2.45, 2.75) is 25.9 Å². The van der Waals surface area contributed by atoms with E-state index < -0.39 is 0 Å². The molecule has 0 bridgehead atoms. The van der Waals surface area contributed by atoms with Gasteiger partial charge in [-0.2, -0.15) is 0 Å². The van der Waals surface area contributed by atoms with Crippen molar-refractivity contribution >= 4 is 5.91 Å². The molecule has 2 unspecified atom stereocenters. The van der Waals surface area contributed by atoms with Crippen molar-refractivity contribution < 1.29 is 14.3 Å². The first-order valence-electron chi connectivity index (χ1n) is 7.52. The quantitative estimate of drug-likeness (QED) is 0.914. The molecule has 0 radical (unpaired) electrons. The Morgan fingerprint density at radius 2 is 2.10 bits per heavy atom. The molecule has 5 nitrogen and oxygen atoms in total. The van der Waals surface area contributed by atoms with Gasteiger partial charge in [-0.1, -0.05) is 6.07 Å². The number of nitrogens with one attached hydrogen (secondary N) is 1. The molecular weight excluding hydrogens is 268 g/mol. The number of nitrogens with zero attached hydrogens (tertiary/aromatic N) is 1. The van der Waals surface area contributed by atoms with E-state index in [1.54, 1.807) is 4.90 Å². The molecule has 0 saturated carbocycles. The van der Waals surface area contributed by atoms with Gasteiger partial charge in [0.15, 0.2) is 11.5 Å². The average Bonchev–Trinajstić information content (AvgIpc) is 2.92. The number of ether oxygens (including phenoxy) is 2. The number of hydrogen-bond acceptors (Lipinski definition) is 4. The van der Waals surface area contributed by atoms with Crippen LogP contribution in [0.5, 0.6) is 11.5 Å². The van der Waals surface area contributed by atoms with E-state index >= 15 is 0 Å². The average molecular weight is 290 g/mol. The zero-order valence-electron chi connectivity index (χ0n) is 12.6. The first kappa shape index (κ1) is 14.2. The minimum atomic E-state index is 0.0900. The lowest BCUT2D eigenvalue weighted by Crippen LogP contribution is -2.37. The van der Waals surface area contributed by atoms with E-state index in [0.717, 1.165) is 30.0 Å². The van der Waals surface area contributed by atoms with Gasteiger partial charge >= 0.3 is 0 Å². The fourth-order valence-corrected chi connectivity index (χ4v) is 3.02. The Kier molecular flexibility index (Phi) is 4.01. The summed E-state index contributed by atoms with van der Waals surface area (Å²) in [7, 11) is 1.87. The van der Waals surface area contributed by atoms with Crippen molar-refractivity contribution in [1.82, 2.24) is 10.2 Å². The smallest absolute Gasteiger partial charge is 0.227 e. The molecule has 0 aliphatic carbocycles. The molecule has 2 atom stereocenters. The van der Waals surface area contributed by atoms with E-state index in [0.29, 0.717) is 19.8 Å². The third-order valence-corrected chi connectivity index (χ3v) is 4.24. The summed E-state index contributed by atoms with van der Waals surface area (Å²) in [5.74, 6) is 1.86. The molecule has 2 heterocycles. The van der Waals surface area contributed by atoms with Crippen LogP contribution in [0.1, 0.15) is 18.9 Å². The summed E-state index contributed by atoms with van der Waals surface area (Å²) in [4.78, 5) is 14.3. The SMILES string of the molecule is CC1NCCC1C(=O)N(C)Cc1ccc2c(c1)OCCO2. The van der Waals surface area contributed by atoms with Gasteiger partial charge in [-0.05, 0) is 37.6 Å². The van der Waals surface area contributed by atoms with Gasteiger partial charge < -0.3 is 19.7 Å². The number of amides is 1. The fraction of sp³-hybridized carbons (Fsp3) is 0.562. The van der Waals surface area contributed by atoms with Crippen LogP contribution in [0.4, 0.5) is 0 Å². The van der Waals surface area contributed by atoms with Crippen LogP contribution in [-0.2, 0) is 11.3 Å². The van der Waals surface area contributed by atoms with Crippen molar-refractivity contribution in [3.05, 3.63) is 23.8 Å². The second kappa shape index (κ2) is 5.93. The maximum Gasteiger partial charge on any atom is 0.227 e. The third kappa shape index (κ3) is 2.97. The van der Waals surface area contributed by atoms with Gasteiger partial charge in [0.05, 0.1) is 5.92 Å². The molecule has 0 aromatic heterocycles. The lowest BCUT2D eigenvalue weighted by atomic mass is 10.0. The van der Waals surface area contributed by atoms with Crippen LogP contribution in [0.25, 0.3) is 0 Å². The largest absolute Gasteiger partial charge is 0.486 e. The highest BCUT2D eigenvalue weighted by Gasteiger charge is 2.31. The van der Waals surface area contributed by atoms with Crippen LogP contribution in [0, 0.1) is 5.92 Å². The molecule has 1 amide bonds. The van der Waals surface area contributed by atoms with Crippen LogP contribution in [0.15, 0.2) is 18.2 Å². The van der Waals surface area contributed by atoms with E-state index in [1.807, 2.05) is 25.2 Å². The van der Waals surface area contributed by atoms with E-state index in [-0.39, 0.29) is 17.9 Å². The fourth-order valence-electron chi connectivity index (χ4n) is 3.02. The maximum absolute atomic E-state index is 12.5. The van der Waals surface area contributed by atoms with Crippen LogP contribution in [0.3, 0.4) is 0 Å². The lowest BCUT2D eigenvalue weighted by molar-refractivity contribution is -0.134. The lowest BCUT2D eigenvalue weighted by Gasteiger charge is -2.24. The first-order valence-corrected chi connectivity index (χ1v) is 7.52. The van der Waals surface area contributed by atoms with E-state index in [9.17, 15) is 4.79 Å². The number of benzene rings is 1. The highest BCUT2D eigenvalue weighted by Crippen LogP contribution is 2.31. The summed E-state index contributed by atoms with van der Waals surface area (Å²) in [6.07, 6.45) is 0.922. The minimum absolute atomic E-state index is 0.0900. The van der Waals surface area contributed by atoms with Crippen LogP contribution >= 0.6 is 0 Å². The third-order valence-electron chi connectivity index (χ3n) is 4.24. The van der Waals surface area contributed by atoms with Crippen LogP contribution < -0.4 is 14.8 Å². The molecule has 1 saturated heterocycles. The molecule has 5 heteroatoms. The second-order valence-corrected chi connectivity index (χ2v) is 5.81. The Hall–Kier alpha value is -1.75. The molecule has 0 spiro atoms. The first-order chi connectivity index (χ1) is 10.1. The number of fused-ring (bicyclic) bond motifs is 1. The highest BCUT2D eigenvalue weighted by molar-refractivity contribution is 5.79. The molecule has 3 rings (SSSR count). The van der Waals surface area contributed by atoms with Crippen molar-refractivity contribution in [2.75, 3.05) is 26.8 Å². The van der Waals surface area contributed by atoms with Crippen LogP contribution in [0.2, 0.25) is 0 Å². The zero-order valence-corrected chi connectivity index (χ0v) is 12.6. The van der Waals surface area contributed by atoms with Crippen molar-refractivity contribution in [1.29, 1.82) is 0 Å². The standard InChI is InChI=1S/C16H22N2O3/c1-11-13(5-6-17-11)16(19)18(2)10-12-3-4-14-15(9-12)21-8-7-20-14/h3-4,9,11,13,17H,5-8,10H2,1-2H3. The number of hydrogen-bond donors (Lipinski definition) is 1. The Morgan fingerprint density at radius 1 is 1.33 bits per heavy atom. The Labute approximate surface area is 125 Å². The van der Waals surface area contributed by atoms with Gasteiger partial charge in [-0.25, -0.2) is 0 Å². The second-order valence-electron chi connectivity index (χ2n) is 5.81. The summed E-state index contributed by atoms with van der Waals surface area (Å²) in [6.45, 7) is 4.77. The zero-order chi connectivity index (χ0) is 14.8. The van der Waals surface area contributed by atoms with Gasteiger partial charge in [0.1, 0.15) is 13.2 Å². The number of carbonyl (C=O) groups is 1. The number of rotatable bonds is 3. The number of carbonyl (C=O) groups excluding carboxylic acids is 1. The van der Waals surface area contributed by atoms with Gasteiger partial charge in [-0.15, -0.1) is 0 Å². The summed E-state index contributed by atoms with van der Waals surface area (Å²) >= 11 is 0. The highest BCUT2D eigenvalue weighted by atomic mass is 16.6. The molecule has 21 heavy (non-hydrogen) atoms. The van der Waals surface area contributed by atoms with E-state index in [4.69, 9.17) is 9.47 Å². The summed E-state index contributed by atoms with van der Waals surface area (Å²) in [5.41, 5.74) is 1.06. The van der Waals surface area contributed by atoms with E-state index in [2.05, 4.69) is 12.2 Å². The predicted molar refractivity (Wildman–Crippen MR) is 79.5 cm³/mol. The van der Waals surface area contributed by atoms with Crippen LogP contribution in [-0.4, -0.2) is 43.7 Å². The van der Waals surface area contributed by atoms with Gasteiger partial charge in [0.2, 0.25) is 5.91 Å². The summed E-state index contributed by atoms with van der Waals surface area (Å²) in [6, 6.07) is 6.14. The molecule has 2 aliphatic heterocycles. The van der Waals surface area contributed by atoms with Gasteiger partial charge in [-0.3, -0.25) is 4.79 Å². The molecule has 114 valence electrons. The molecule has 1 aromatic rings. The van der Waals surface area contributed by atoms with Crippen molar-refractivity contribution in [3.63, 3.8) is 0 Å².